The number of aliphatic carboxylic acids is 1. The summed E-state index contributed by atoms with van der Waals surface area (Å²) < 4.78 is 0. The zero-order chi connectivity index (χ0) is 26.5. The Morgan fingerprint density at radius 1 is 1.09 bits per heavy atom. The molecule has 0 saturated carbocycles. The third-order valence-corrected chi connectivity index (χ3v) is 5.73. The maximum Gasteiger partial charge on any atom is 0.326 e. The van der Waals surface area contributed by atoms with Gasteiger partial charge in [0.1, 0.15) is 24.2 Å². The maximum atomic E-state index is 13.3. The Morgan fingerprint density at radius 3 is 2.31 bits per heavy atom. The number of nitrogens with two attached hydrogens (primary N) is 4. The van der Waals surface area contributed by atoms with E-state index < -0.39 is 54.0 Å². The molecule has 0 radical (unpaired) electrons. The van der Waals surface area contributed by atoms with Crippen molar-refractivity contribution in [2.45, 2.75) is 82.1 Å². The number of aliphatic hydroxyl groups is 1. The molecule has 1 fully saturated rings. The molecule has 2 unspecified atom stereocenters. The first-order valence-corrected chi connectivity index (χ1v) is 11.8. The fourth-order valence-electron chi connectivity index (χ4n) is 3.78. The molecular formula is C21H40N8O6. The standard InChI is InChI=1S/C21H40N8O6/c1-12(23)16(30)18(32)27-13(6-2-3-9-22)19(33)29-11-5-8-15(29)17(31)28-14(20(34)35)7-4-10-26-21(24)25/h12-16,30H,2-11,22-23H2,1H3,(H,27,32)(H,28,31)(H,34,35)(H4,24,25,26)/t12?,13-,14-,15-,16?/m0/s1. The molecule has 0 aromatic rings. The van der Waals surface area contributed by atoms with Crippen LogP contribution in [0.25, 0.3) is 0 Å². The summed E-state index contributed by atoms with van der Waals surface area (Å²) in [6, 6.07) is -3.87. The van der Waals surface area contributed by atoms with Gasteiger partial charge in [-0.3, -0.25) is 19.4 Å². The van der Waals surface area contributed by atoms with E-state index in [0.29, 0.717) is 38.6 Å². The number of carboxylic acid groups (broad SMARTS) is 1. The topological polar surface area (TPSA) is 252 Å². The lowest BCUT2D eigenvalue weighted by molar-refractivity contribution is -0.145. The average molecular weight is 501 g/mol. The van der Waals surface area contributed by atoms with Crippen LogP contribution in [-0.4, -0.2) is 94.7 Å². The monoisotopic (exact) mass is 500 g/mol. The first-order chi connectivity index (χ1) is 16.5. The number of carbonyl (C=O) groups excluding carboxylic acids is 3. The van der Waals surface area contributed by atoms with Gasteiger partial charge in [-0.05, 0) is 58.4 Å². The lowest BCUT2D eigenvalue weighted by Crippen LogP contribution is -2.57. The van der Waals surface area contributed by atoms with Crippen LogP contribution < -0.4 is 33.6 Å². The SMILES string of the molecule is CC(N)C(O)C(=O)N[C@@H](CCCCN)C(=O)N1CCC[C@H]1C(=O)N[C@@H](CCCN=C(N)N)C(=O)O. The fourth-order valence-corrected chi connectivity index (χ4v) is 3.78. The van der Waals surface area contributed by atoms with Gasteiger partial charge in [0.05, 0.1) is 0 Å². The van der Waals surface area contributed by atoms with Crippen LogP contribution in [-0.2, 0) is 19.2 Å². The highest BCUT2D eigenvalue weighted by Gasteiger charge is 2.39. The van der Waals surface area contributed by atoms with Gasteiger partial charge in [0.15, 0.2) is 5.96 Å². The predicted molar refractivity (Wildman–Crippen MR) is 129 cm³/mol. The summed E-state index contributed by atoms with van der Waals surface area (Å²) in [4.78, 5) is 55.3. The van der Waals surface area contributed by atoms with E-state index in [1.165, 1.54) is 11.8 Å². The number of rotatable bonds is 15. The number of guanidine groups is 1. The van der Waals surface area contributed by atoms with Crippen molar-refractivity contribution in [2.24, 2.45) is 27.9 Å². The summed E-state index contributed by atoms with van der Waals surface area (Å²) in [5.74, 6) is -3.17. The molecule has 0 spiro atoms. The van der Waals surface area contributed by atoms with E-state index in [0.717, 1.165) is 0 Å². The van der Waals surface area contributed by atoms with Crippen molar-refractivity contribution in [3.8, 4) is 0 Å². The number of nitrogens with one attached hydrogen (secondary N) is 2. The van der Waals surface area contributed by atoms with E-state index >= 15 is 0 Å². The summed E-state index contributed by atoms with van der Waals surface area (Å²) >= 11 is 0. The van der Waals surface area contributed by atoms with Crippen LogP contribution in [0.4, 0.5) is 0 Å². The van der Waals surface area contributed by atoms with E-state index in [1.54, 1.807) is 0 Å². The van der Waals surface area contributed by atoms with Crippen LogP contribution in [0.2, 0.25) is 0 Å². The molecule has 1 saturated heterocycles. The smallest absolute Gasteiger partial charge is 0.326 e. The van der Waals surface area contributed by atoms with Crippen molar-refractivity contribution in [1.82, 2.24) is 15.5 Å². The summed E-state index contributed by atoms with van der Waals surface area (Å²) in [6.45, 7) is 2.37. The largest absolute Gasteiger partial charge is 0.480 e. The van der Waals surface area contributed by atoms with Crippen molar-refractivity contribution in [2.75, 3.05) is 19.6 Å². The molecule has 3 amide bonds. The fraction of sp³-hybridized carbons (Fsp3) is 0.762. The van der Waals surface area contributed by atoms with E-state index in [-0.39, 0.29) is 31.9 Å². The van der Waals surface area contributed by atoms with Crippen LogP contribution in [0.5, 0.6) is 0 Å². The summed E-state index contributed by atoms with van der Waals surface area (Å²) in [7, 11) is 0. The van der Waals surface area contributed by atoms with Gasteiger partial charge in [-0.1, -0.05) is 0 Å². The van der Waals surface area contributed by atoms with Crippen molar-refractivity contribution >= 4 is 29.7 Å². The number of aliphatic imine (C=N–C) groups is 1. The van der Waals surface area contributed by atoms with Gasteiger partial charge >= 0.3 is 5.97 Å². The van der Waals surface area contributed by atoms with Crippen LogP contribution >= 0.6 is 0 Å². The number of carbonyl (C=O) groups is 4. The molecule has 0 aliphatic carbocycles. The molecule has 0 bridgehead atoms. The number of hydrogen-bond acceptors (Lipinski definition) is 8. The zero-order valence-electron chi connectivity index (χ0n) is 20.2. The molecule has 1 aliphatic rings. The first kappa shape index (κ1) is 30.1. The van der Waals surface area contributed by atoms with E-state index in [1.807, 2.05) is 0 Å². The number of aliphatic hydroxyl groups excluding tert-OH is 1. The average Bonchev–Trinajstić information content (AvgIpc) is 3.29. The Balaban J connectivity index is 2.90. The zero-order valence-corrected chi connectivity index (χ0v) is 20.2. The molecule has 200 valence electrons. The van der Waals surface area contributed by atoms with Crippen molar-refractivity contribution in [3.63, 3.8) is 0 Å². The molecule has 0 aromatic heterocycles. The minimum absolute atomic E-state index is 0.103. The molecule has 14 heteroatoms. The number of carboxylic acids is 1. The second-order valence-corrected chi connectivity index (χ2v) is 8.69. The molecule has 5 atom stereocenters. The van der Waals surface area contributed by atoms with E-state index in [9.17, 15) is 29.4 Å². The number of likely N-dealkylation sites (tertiary alicyclic amines) is 1. The van der Waals surface area contributed by atoms with Gasteiger partial charge in [-0.25, -0.2) is 4.79 Å². The molecule has 12 N–H and O–H groups in total. The third-order valence-electron chi connectivity index (χ3n) is 5.73. The van der Waals surface area contributed by atoms with E-state index in [2.05, 4.69) is 15.6 Å². The summed E-state index contributed by atoms with van der Waals surface area (Å²) in [5, 5.41) is 24.5. The second kappa shape index (κ2) is 15.1. The van der Waals surface area contributed by atoms with Crippen LogP contribution in [0, 0.1) is 0 Å². The van der Waals surface area contributed by atoms with Gasteiger partial charge in [0, 0.05) is 19.1 Å². The quantitative estimate of drug-likeness (QED) is 0.0639. The Bertz CT molecular complexity index is 758. The second-order valence-electron chi connectivity index (χ2n) is 8.69. The normalized spacial score (nSPS) is 18.7. The van der Waals surface area contributed by atoms with Crippen molar-refractivity contribution < 1.29 is 29.4 Å². The molecule has 35 heavy (non-hydrogen) atoms. The Hall–Kier alpha value is -2.97. The van der Waals surface area contributed by atoms with Gasteiger partial charge in [0.25, 0.3) is 5.91 Å². The highest BCUT2D eigenvalue weighted by atomic mass is 16.4. The number of amides is 3. The van der Waals surface area contributed by atoms with Crippen LogP contribution in [0.3, 0.4) is 0 Å². The lowest BCUT2D eigenvalue weighted by atomic mass is 10.1. The molecular weight excluding hydrogens is 460 g/mol. The van der Waals surface area contributed by atoms with Crippen molar-refractivity contribution in [1.29, 1.82) is 0 Å². The third kappa shape index (κ3) is 10.0. The van der Waals surface area contributed by atoms with Crippen molar-refractivity contribution in [3.05, 3.63) is 0 Å². The maximum absolute atomic E-state index is 13.3. The molecule has 0 aromatic carbocycles. The lowest BCUT2D eigenvalue weighted by Gasteiger charge is -2.30. The highest BCUT2D eigenvalue weighted by Crippen LogP contribution is 2.20. The Morgan fingerprint density at radius 2 is 1.74 bits per heavy atom. The molecule has 1 heterocycles. The minimum atomic E-state index is -1.49. The predicted octanol–water partition coefficient (Wildman–Crippen LogP) is -3.08. The number of hydrogen-bond donors (Lipinski definition) is 8. The number of unbranched alkanes of at least 4 members (excludes halogenated alkanes) is 1. The molecule has 14 nitrogen and oxygen atoms in total. The summed E-state index contributed by atoms with van der Waals surface area (Å²) in [6.07, 6.45) is 1.27. The molecule has 1 aliphatic heterocycles. The van der Waals surface area contributed by atoms with E-state index in [4.69, 9.17) is 22.9 Å². The summed E-state index contributed by atoms with van der Waals surface area (Å²) in [5.41, 5.74) is 21.6. The van der Waals surface area contributed by atoms with Gasteiger partial charge < -0.3 is 48.7 Å². The highest BCUT2D eigenvalue weighted by molar-refractivity contribution is 5.94. The van der Waals surface area contributed by atoms with Gasteiger partial charge in [-0.2, -0.15) is 0 Å². The minimum Gasteiger partial charge on any atom is -0.480 e. The first-order valence-electron chi connectivity index (χ1n) is 11.8. The van der Waals surface area contributed by atoms with Crippen LogP contribution in [0.1, 0.15) is 51.9 Å². The molecule has 1 rings (SSSR count). The number of nitrogens with zero attached hydrogens (tertiary/aromatic N) is 2. The van der Waals surface area contributed by atoms with Gasteiger partial charge in [0.2, 0.25) is 11.8 Å². The Kier molecular flexibility index (Phi) is 13.0. The van der Waals surface area contributed by atoms with Gasteiger partial charge in [-0.15, -0.1) is 0 Å². The Labute approximate surface area is 204 Å². The van der Waals surface area contributed by atoms with Crippen LogP contribution in [0.15, 0.2) is 4.99 Å².